The summed E-state index contributed by atoms with van der Waals surface area (Å²) in [6, 6.07) is 6.63. The number of benzene rings is 1. The molecular weight excluding hydrogens is 226 g/mol. The molecule has 0 aromatic heterocycles. The summed E-state index contributed by atoms with van der Waals surface area (Å²) in [5, 5.41) is 3.45. The van der Waals surface area contributed by atoms with Gasteiger partial charge in [0.05, 0.1) is 0 Å². The highest BCUT2D eigenvalue weighted by atomic mass is 79.9. The van der Waals surface area contributed by atoms with Crippen molar-refractivity contribution in [3.05, 3.63) is 33.8 Å². The summed E-state index contributed by atoms with van der Waals surface area (Å²) in [5.74, 6) is 0.705. The van der Waals surface area contributed by atoms with Gasteiger partial charge < -0.3 is 5.32 Å². The average Bonchev–Trinajstić information content (AvgIpc) is 2.16. The third-order valence-electron chi connectivity index (χ3n) is 2.74. The van der Waals surface area contributed by atoms with E-state index in [0.717, 1.165) is 13.1 Å². The summed E-state index contributed by atoms with van der Waals surface area (Å²) in [4.78, 5) is 0. The van der Waals surface area contributed by atoms with Gasteiger partial charge in [0, 0.05) is 17.6 Å². The molecule has 1 aromatic carbocycles. The topological polar surface area (TPSA) is 12.0 Å². The van der Waals surface area contributed by atoms with E-state index in [4.69, 9.17) is 0 Å². The maximum absolute atomic E-state index is 3.50. The smallest absolute Gasteiger partial charge is 0.0208 e. The number of halogens is 1. The van der Waals surface area contributed by atoms with Crippen molar-refractivity contribution in [2.45, 2.75) is 25.8 Å². The highest BCUT2D eigenvalue weighted by molar-refractivity contribution is 9.10. The van der Waals surface area contributed by atoms with E-state index >= 15 is 0 Å². The molecule has 0 spiro atoms. The summed E-state index contributed by atoms with van der Waals surface area (Å²) < 4.78 is 1.19. The zero-order valence-corrected chi connectivity index (χ0v) is 9.39. The maximum Gasteiger partial charge on any atom is 0.0208 e. The molecule has 0 radical (unpaired) electrons. The predicted octanol–water partition coefficient (Wildman–Crippen LogP) is 3.05. The van der Waals surface area contributed by atoms with Gasteiger partial charge in [-0.05, 0) is 35.6 Å². The van der Waals surface area contributed by atoms with Crippen LogP contribution in [0.4, 0.5) is 0 Å². The molecule has 0 amide bonds. The Labute approximate surface area is 87.7 Å². The second-order valence-electron chi connectivity index (χ2n) is 3.58. The highest BCUT2D eigenvalue weighted by Gasteiger charge is 2.17. The molecule has 1 nitrogen and oxygen atoms in total. The van der Waals surface area contributed by atoms with Crippen LogP contribution < -0.4 is 5.32 Å². The number of nitrogens with one attached hydrogen (secondary N) is 1. The summed E-state index contributed by atoms with van der Waals surface area (Å²) in [6.45, 7) is 4.40. The Balaban J connectivity index is 2.40. The maximum atomic E-state index is 3.50. The first-order valence-electron chi connectivity index (χ1n) is 4.80. The lowest BCUT2D eigenvalue weighted by Crippen LogP contribution is -2.27. The normalized spacial score (nSPS) is 21.2. The third-order valence-corrected chi connectivity index (χ3v) is 3.24. The first kappa shape index (κ1) is 9.22. The van der Waals surface area contributed by atoms with E-state index in [9.17, 15) is 0 Å². The highest BCUT2D eigenvalue weighted by Crippen LogP contribution is 2.28. The molecule has 13 heavy (non-hydrogen) atoms. The lowest BCUT2D eigenvalue weighted by molar-refractivity contribution is 0.530. The molecule has 2 heteroatoms. The van der Waals surface area contributed by atoms with Crippen LogP contribution in [0.3, 0.4) is 0 Å². The van der Waals surface area contributed by atoms with Crippen molar-refractivity contribution in [1.29, 1.82) is 0 Å². The molecule has 0 fully saturated rings. The van der Waals surface area contributed by atoms with Crippen LogP contribution in [0.15, 0.2) is 22.7 Å². The molecular formula is C11H14BrN. The van der Waals surface area contributed by atoms with Crippen molar-refractivity contribution >= 4 is 15.9 Å². The fourth-order valence-electron chi connectivity index (χ4n) is 1.98. The quantitative estimate of drug-likeness (QED) is 0.795. The van der Waals surface area contributed by atoms with Crippen LogP contribution in [-0.2, 0) is 6.54 Å². The Kier molecular flexibility index (Phi) is 2.70. The van der Waals surface area contributed by atoms with Crippen LogP contribution in [0.5, 0.6) is 0 Å². The van der Waals surface area contributed by atoms with Crippen molar-refractivity contribution in [3.8, 4) is 0 Å². The van der Waals surface area contributed by atoms with E-state index in [-0.39, 0.29) is 0 Å². The molecule has 1 aliphatic rings. The second-order valence-corrected chi connectivity index (χ2v) is 4.49. The van der Waals surface area contributed by atoms with Gasteiger partial charge in [0.1, 0.15) is 0 Å². The minimum atomic E-state index is 0.705. The molecule has 70 valence electrons. The third kappa shape index (κ3) is 1.79. The molecule has 0 aliphatic carbocycles. The molecule has 0 saturated heterocycles. The van der Waals surface area contributed by atoms with E-state index < -0.39 is 0 Å². The Morgan fingerprint density at radius 3 is 3.15 bits per heavy atom. The predicted molar refractivity (Wildman–Crippen MR) is 58.9 cm³/mol. The Morgan fingerprint density at radius 1 is 1.54 bits per heavy atom. The standard InChI is InChI=1S/C11H14BrN/c1-2-8-6-13-7-9-5-10(12)3-4-11(8)9/h3-5,8,13H,2,6-7H2,1H3. The van der Waals surface area contributed by atoms with Gasteiger partial charge in [0.25, 0.3) is 0 Å². The van der Waals surface area contributed by atoms with Crippen molar-refractivity contribution < 1.29 is 0 Å². The molecule has 1 heterocycles. The summed E-state index contributed by atoms with van der Waals surface area (Å²) in [5.41, 5.74) is 2.98. The minimum absolute atomic E-state index is 0.705. The van der Waals surface area contributed by atoms with Crippen molar-refractivity contribution in [2.75, 3.05) is 6.54 Å². The number of hydrogen-bond acceptors (Lipinski definition) is 1. The van der Waals surface area contributed by atoms with Crippen LogP contribution in [0.2, 0.25) is 0 Å². The average molecular weight is 240 g/mol. The number of hydrogen-bond donors (Lipinski definition) is 1. The van der Waals surface area contributed by atoms with Crippen LogP contribution in [0, 0.1) is 0 Å². The molecule has 0 bridgehead atoms. The first-order chi connectivity index (χ1) is 6.31. The minimum Gasteiger partial charge on any atom is -0.312 e. The largest absolute Gasteiger partial charge is 0.312 e. The first-order valence-corrected chi connectivity index (χ1v) is 5.59. The lowest BCUT2D eigenvalue weighted by atomic mass is 9.89. The Hall–Kier alpha value is -0.340. The second kappa shape index (κ2) is 3.81. The van der Waals surface area contributed by atoms with Crippen molar-refractivity contribution in [2.24, 2.45) is 0 Å². The summed E-state index contributed by atoms with van der Waals surface area (Å²) >= 11 is 3.50. The molecule has 0 saturated carbocycles. The van der Waals surface area contributed by atoms with E-state index in [0.29, 0.717) is 5.92 Å². The van der Waals surface area contributed by atoms with Gasteiger partial charge >= 0.3 is 0 Å². The van der Waals surface area contributed by atoms with E-state index in [1.165, 1.54) is 22.0 Å². The lowest BCUT2D eigenvalue weighted by Gasteiger charge is -2.25. The van der Waals surface area contributed by atoms with Crippen LogP contribution in [0.1, 0.15) is 30.4 Å². The van der Waals surface area contributed by atoms with Gasteiger partial charge in [-0.3, -0.25) is 0 Å². The molecule has 1 N–H and O–H groups in total. The zero-order valence-electron chi connectivity index (χ0n) is 7.81. The fraction of sp³-hybridized carbons (Fsp3) is 0.455. The van der Waals surface area contributed by atoms with Crippen molar-refractivity contribution in [1.82, 2.24) is 5.32 Å². The molecule has 1 aromatic rings. The van der Waals surface area contributed by atoms with E-state index in [1.54, 1.807) is 0 Å². The monoisotopic (exact) mass is 239 g/mol. The molecule has 1 aliphatic heterocycles. The van der Waals surface area contributed by atoms with Gasteiger partial charge in [-0.2, -0.15) is 0 Å². The Bertz CT molecular complexity index is 309. The number of rotatable bonds is 1. The van der Waals surface area contributed by atoms with Crippen LogP contribution in [-0.4, -0.2) is 6.54 Å². The van der Waals surface area contributed by atoms with Gasteiger partial charge in [-0.15, -0.1) is 0 Å². The van der Waals surface area contributed by atoms with E-state index in [2.05, 4.69) is 46.4 Å². The van der Waals surface area contributed by atoms with Gasteiger partial charge in [-0.25, -0.2) is 0 Å². The molecule has 1 unspecified atom stereocenters. The van der Waals surface area contributed by atoms with Gasteiger partial charge in [0.15, 0.2) is 0 Å². The SMILES string of the molecule is CCC1CNCc2cc(Br)ccc21. The van der Waals surface area contributed by atoms with Crippen LogP contribution in [0.25, 0.3) is 0 Å². The number of fused-ring (bicyclic) bond motifs is 1. The van der Waals surface area contributed by atoms with Crippen LogP contribution >= 0.6 is 15.9 Å². The summed E-state index contributed by atoms with van der Waals surface area (Å²) in [6.07, 6.45) is 1.22. The molecule has 1 atom stereocenters. The van der Waals surface area contributed by atoms with Gasteiger partial charge in [-0.1, -0.05) is 28.9 Å². The van der Waals surface area contributed by atoms with Gasteiger partial charge in [0.2, 0.25) is 0 Å². The Morgan fingerprint density at radius 2 is 2.38 bits per heavy atom. The van der Waals surface area contributed by atoms with E-state index in [1.807, 2.05) is 0 Å². The molecule has 2 rings (SSSR count). The summed E-state index contributed by atoms with van der Waals surface area (Å²) in [7, 11) is 0. The zero-order chi connectivity index (χ0) is 9.26. The fourth-order valence-corrected chi connectivity index (χ4v) is 2.39. The van der Waals surface area contributed by atoms with Crippen molar-refractivity contribution in [3.63, 3.8) is 0 Å².